The lowest BCUT2D eigenvalue weighted by molar-refractivity contribution is 0.0638. The SMILES string of the molecule is Cl.OC(COc1cccc(-c2noc3ccsc23)c1)CN1CCc2ccccc2C1. The molecule has 156 valence electrons. The van der Waals surface area contributed by atoms with E-state index in [0.29, 0.717) is 6.54 Å². The molecule has 4 aromatic rings. The number of benzene rings is 2. The number of fused-ring (bicyclic) bond motifs is 2. The van der Waals surface area contributed by atoms with E-state index in [-0.39, 0.29) is 19.0 Å². The van der Waals surface area contributed by atoms with Crippen LogP contribution in [0.2, 0.25) is 0 Å². The van der Waals surface area contributed by atoms with Gasteiger partial charge in [-0.3, -0.25) is 4.90 Å². The molecule has 0 amide bonds. The number of rotatable bonds is 6. The van der Waals surface area contributed by atoms with Gasteiger partial charge in [0.2, 0.25) is 0 Å². The molecule has 0 saturated heterocycles. The molecule has 0 saturated carbocycles. The molecule has 0 fully saturated rings. The molecule has 2 aromatic heterocycles. The average molecular weight is 443 g/mol. The Bertz CT molecular complexity index is 1130. The predicted octanol–water partition coefficient (Wildman–Crippen LogP) is 4.78. The molecule has 1 unspecified atom stereocenters. The Hall–Kier alpha value is -2.38. The molecule has 1 atom stereocenters. The maximum absolute atomic E-state index is 10.5. The third-order valence-corrected chi connectivity index (χ3v) is 6.21. The summed E-state index contributed by atoms with van der Waals surface area (Å²) in [6.45, 7) is 2.71. The molecule has 5 rings (SSSR count). The molecule has 1 aliphatic rings. The van der Waals surface area contributed by atoms with Crippen molar-refractivity contribution in [2.24, 2.45) is 0 Å². The van der Waals surface area contributed by atoms with Crippen LogP contribution in [0.5, 0.6) is 5.75 Å². The van der Waals surface area contributed by atoms with Crippen molar-refractivity contribution in [1.82, 2.24) is 10.1 Å². The van der Waals surface area contributed by atoms with Crippen LogP contribution in [-0.2, 0) is 13.0 Å². The van der Waals surface area contributed by atoms with E-state index >= 15 is 0 Å². The first-order valence-corrected chi connectivity index (χ1v) is 10.7. The van der Waals surface area contributed by atoms with E-state index in [2.05, 4.69) is 34.3 Å². The number of thiophene rings is 1. The van der Waals surface area contributed by atoms with Crippen molar-refractivity contribution in [3.63, 3.8) is 0 Å². The van der Waals surface area contributed by atoms with E-state index in [4.69, 9.17) is 9.26 Å². The number of nitrogens with zero attached hydrogens (tertiary/aromatic N) is 2. The average Bonchev–Trinajstić information content (AvgIpc) is 3.36. The molecule has 0 bridgehead atoms. The lowest BCUT2D eigenvalue weighted by Gasteiger charge is -2.30. The number of hydrogen-bond acceptors (Lipinski definition) is 6. The highest BCUT2D eigenvalue weighted by Gasteiger charge is 2.19. The van der Waals surface area contributed by atoms with Crippen molar-refractivity contribution < 1.29 is 14.4 Å². The molecule has 5 nitrogen and oxygen atoms in total. The Morgan fingerprint density at radius 1 is 1.13 bits per heavy atom. The second kappa shape index (κ2) is 9.18. The summed E-state index contributed by atoms with van der Waals surface area (Å²) in [5.74, 6) is 0.721. The number of aromatic nitrogens is 1. The van der Waals surface area contributed by atoms with E-state index in [1.54, 1.807) is 11.3 Å². The maximum Gasteiger partial charge on any atom is 0.178 e. The minimum Gasteiger partial charge on any atom is -0.491 e. The zero-order chi connectivity index (χ0) is 19.6. The van der Waals surface area contributed by atoms with Gasteiger partial charge in [-0.15, -0.1) is 23.7 Å². The standard InChI is InChI=1S/C23H22N2O3S.ClH/c26-19(14-25-10-8-16-4-1-2-5-18(16)13-25)15-27-20-7-3-6-17(12-20)22-23-21(28-24-22)9-11-29-23;/h1-7,9,11-12,19,26H,8,10,13-15H2;1H. The van der Waals surface area contributed by atoms with Gasteiger partial charge in [0.05, 0.1) is 0 Å². The van der Waals surface area contributed by atoms with Gasteiger partial charge < -0.3 is 14.4 Å². The Labute approximate surface area is 185 Å². The van der Waals surface area contributed by atoms with Crippen LogP contribution in [0.15, 0.2) is 64.5 Å². The van der Waals surface area contributed by atoms with Crippen LogP contribution in [0.1, 0.15) is 11.1 Å². The monoisotopic (exact) mass is 442 g/mol. The normalized spacial score (nSPS) is 14.8. The molecule has 30 heavy (non-hydrogen) atoms. The summed E-state index contributed by atoms with van der Waals surface area (Å²) in [6, 6.07) is 18.2. The zero-order valence-corrected chi connectivity index (χ0v) is 18.0. The molecule has 1 aliphatic heterocycles. The van der Waals surface area contributed by atoms with Crippen LogP contribution in [0, 0.1) is 0 Å². The molecule has 0 spiro atoms. The van der Waals surface area contributed by atoms with Gasteiger partial charge in [-0.05, 0) is 41.1 Å². The van der Waals surface area contributed by atoms with Crippen molar-refractivity contribution in [3.05, 3.63) is 71.1 Å². The lowest BCUT2D eigenvalue weighted by Crippen LogP contribution is -2.38. The Morgan fingerprint density at radius 2 is 2.00 bits per heavy atom. The highest BCUT2D eigenvalue weighted by atomic mass is 35.5. The summed E-state index contributed by atoms with van der Waals surface area (Å²) in [4.78, 5) is 2.29. The Balaban J connectivity index is 0.00000218. The van der Waals surface area contributed by atoms with Crippen molar-refractivity contribution >= 4 is 34.0 Å². The fourth-order valence-corrected chi connectivity index (χ4v) is 4.66. The topological polar surface area (TPSA) is 58.7 Å². The second-order valence-electron chi connectivity index (χ2n) is 7.39. The van der Waals surface area contributed by atoms with Gasteiger partial charge in [-0.25, -0.2) is 0 Å². The first-order valence-electron chi connectivity index (χ1n) is 9.79. The zero-order valence-electron chi connectivity index (χ0n) is 16.4. The van der Waals surface area contributed by atoms with Crippen molar-refractivity contribution in [1.29, 1.82) is 0 Å². The molecular formula is C23H23ClN2O3S. The van der Waals surface area contributed by atoms with Crippen molar-refractivity contribution in [2.75, 3.05) is 19.7 Å². The number of hydrogen-bond donors (Lipinski definition) is 1. The van der Waals surface area contributed by atoms with Gasteiger partial charge in [-0.1, -0.05) is 41.6 Å². The van der Waals surface area contributed by atoms with Gasteiger partial charge in [0.15, 0.2) is 5.58 Å². The molecule has 3 heterocycles. The summed E-state index contributed by atoms with van der Waals surface area (Å²) < 4.78 is 12.3. The first kappa shape index (κ1) is 20.9. The van der Waals surface area contributed by atoms with Gasteiger partial charge in [0.25, 0.3) is 0 Å². The Morgan fingerprint density at radius 3 is 2.90 bits per heavy atom. The van der Waals surface area contributed by atoms with E-state index < -0.39 is 6.10 Å². The smallest absolute Gasteiger partial charge is 0.178 e. The minimum absolute atomic E-state index is 0. The number of ether oxygens (including phenoxy) is 1. The van der Waals surface area contributed by atoms with E-state index in [0.717, 1.165) is 46.8 Å². The number of halogens is 1. The number of aliphatic hydroxyl groups is 1. The van der Waals surface area contributed by atoms with Crippen LogP contribution in [0.25, 0.3) is 21.5 Å². The third kappa shape index (κ3) is 4.37. The minimum atomic E-state index is -0.542. The van der Waals surface area contributed by atoms with Gasteiger partial charge >= 0.3 is 0 Å². The van der Waals surface area contributed by atoms with E-state index in [1.165, 1.54) is 11.1 Å². The Kier molecular flexibility index (Phi) is 6.39. The van der Waals surface area contributed by atoms with Crippen LogP contribution in [0.4, 0.5) is 0 Å². The van der Waals surface area contributed by atoms with Crippen molar-refractivity contribution in [3.8, 4) is 17.0 Å². The van der Waals surface area contributed by atoms with Crippen LogP contribution in [0.3, 0.4) is 0 Å². The second-order valence-corrected chi connectivity index (χ2v) is 8.31. The van der Waals surface area contributed by atoms with Gasteiger partial charge in [0, 0.05) is 25.2 Å². The van der Waals surface area contributed by atoms with Gasteiger partial charge in [0.1, 0.15) is 28.9 Å². The first-order chi connectivity index (χ1) is 14.3. The quantitative estimate of drug-likeness (QED) is 0.466. The fourth-order valence-electron chi connectivity index (χ4n) is 3.85. The van der Waals surface area contributed by atoms with Gasteiger partial charge in [-0.2, -0.15) is 0 Å². The number of aliphatic hydroxyl groups excluding tert-OH is 1. The van der Waals surface area contributed by atoms with E-state index in [9.17, 15) is 5.11 Å². The molecule has 0 radical (unpaired) electrons. The maximum atomic E-state index is 10.5. The summed E-state index contributed by atoms with van der Waals surface area (Å²) >= 11 is 1.61. The molecule has 7 heteroatoms. The molecule has 0 aliphatic carbocycles. The molecule has 2 aromatic carbocycles. The van der Waals surface area contributed by atoms with Crippen LogP contribution >= 0.6 is 23.7 Å². The van der Waals surface area contributed by atoms with Crippen LogP contribution < -0.4 is 4.74 Å². The fraction of sp³-hybridized carbons (Fsp3) is 0.261. The highest BCUT2D eigenvalue weighted by Crippen LogP contribution is 2.33. The molecule has 1 N–H and O–H groups in total. The predicted molar refractivity (Wildman–Crippen MR) is 121 cm³/mol. The largest absolute Gasteiger partial charge is 0.491 e. The highest BCUT2D eigenvalue weighted by molar-refractivity contribution is 7.17. The van der Waals surface area contributed by atoms with Crippen molar-refractivity contribution in [2.45, 2.75) is 19.1 Å². The van der Waals surface area contributed by atoms with Crippen LogP contribution in [-0.4, -0.2) is 41.0 Å². The summed E-state index contributed by atoms with van der Waals surface area (Å²) in [7, 11) is 0. The summed E-state index contributed by atoms with van der Waals surface area (Å²) in [5.41, 5.74) is 5.35. The summed E-state index contributed by atoms with van der Waals surface area (Å²) in [5, 5.41) is 16.7. The summed E-state index contributed by atoms with van der Waals surface area (Å²) in [6.07, 6.45) is 0.487. The number of β-amino-alcohol motifs (C(OH)–C–C–N with tert-alkyl or cyclic N) is 1. The van der Waals surface area contributed by atoms with E-state index in [1.807, 2.05) is 35.7 Å². The molecular weight excluding hydrogens is 420 g/mol. The lowest BCUT2D eigenvalue weighted by atomic mass is 10.00. The third-order valence-electron chi connectivity index (χ3n) is 5.31.